The summed E-state index contributed by atoms with van der Waals surface area (Å²) in [6.07, 6.45) is 0.106. The van der Waals surface area contributed by atoms with Gasteiger partial charge in [-0.2, -0.15) is 5.26 Å². The quantitative estimate of drug-likeness (QED) is 0.727. The van der Waals surface area contributed by atoms with Gasteiger partial charge in [0.25, 0.3) is 0 Å². The lowest BCUT2D eigenvalue weighted by atomic mass is 10.1. The molecule has 1 unspecified atom stereocenters. The molecule has 3 nitrogen and oxygen atoms in total. The Bertz CT molecular complexity index is 461. The summed E-state index contributed by atoms with van der Waals surface area (Å²) < 4.78 is 25.9. The van der Waals surface area contributed by atoms with Crippen molar-refractivity contribution in [3.63, 3.8) is 0 Å². The molecular weight excluding hydrogens is 214 g/mol. The number of nitrogens with zero attached hydrogens (tertiary/aromatic N) is 2. The lowest BCUT2D eigenvalue weighted by Crippen LogP contribution is -2.24. The van der Waals surface area contributed by atoms with E-state index in [9.17, 15) is 13.6 Å². The number of rotatable bonds is 1. The van der Waals surface area contributed by atoms with Gasteiger partial charge >= 0.3 is 0 Å². The van der Waals surface area contributed by atoms with E-state index >= 15 is 0 Å². The first-order valence-corrected chi connectivity index (χ1v) is 4.76. The third kappa shape index (κ3) is 1.87. The Morgan fingerprint density at radius 1 is 1.31 bits per heavy atom. The van der Waals surface area contributed by atoms with Crippen LogP contribution in [0.3, 0.4) is 0 Å². The minimum Gasteiger partial charge on any atom is -0.311 e. The van der Waals surface area contributed by atoms with Crippen molar-refractivity contribution < 1.29 is 13.6 Å². The van der Waals surface area contributed by atoms with Crippen molar-refractivity contribution in [2.45, 2.75) is 6.42 Å². The molecule has 1 saturated heterocycles. The maximum Gasteiger partial charge on any atom is 0.228 e. The predicted molar refractivity (Wildman–Crippen MR) is 52.4 cm³/mol. The number of carbonyl (C=O) groups excluding carboxylic acids is 1. The van der Waals surface area contributed by atoms with Gasteiger partial charge in [0.1, 0.15) is 11.6 Å². The fourth-order valence-corrected chi connectivity index (χ4v) is 1.74. The molecule has 1 aromatic rings. The van der Waals surface area contributed by atoms with Crippen molar-refractivity contribution >= 4 is 11.6 Å². The van der Waals surface area contributed by atoms with E-state index in [1.54, 1.807) is 0 Å². The molecule has 0 bridgehead atoms. The molecule has 0 aliphatic carbocycles. The van der Waals surface area contributed by atoms with Crippen molar-refractivity contribution in [2.75, 3.05) is 11.4 Å². The summed E-state index contributed by atoms with van der Waals surface area (Å²) in [7, 11) is 0. The highest BCUT2D eigenvalue weighted by atomic mass is 19.1. The molecule has 1 amide bonds. The van der Waals surface area contributed by atoms with Gasteiger partial charge in [0.05, 0.1) is 12.0 Å². The van der Waals surface area contributed by atoms with Crippen LogP contribution in [0.2, 0.25) is 0 Å². The zero-order valence-corrected chi connectivity index (χ0v) is 8.28. The van der Waals surface area contributed by atoms with Crippen LogP contribution in [0.4, 0.5) is 14.5 Å². The molecule has 1 aromatic carbocycles. The van der Waals surface area contributed by atoms with E-state index in [1.807, 2.05) is 6.07 Å². The van der Waals surface area contributed by atoms with Crippen molar-refractivity contribution in [3.05, 3.63) is 29.8 Å². The Hall–Kier alpha value is -1.96. The first-order chi connectivity index (χ1) is 7.60. The zero-order chi connectivity index (χ0) is 11.7. The number of anilines is 1. The molecule has 1 heterocycles. The normalized spacial score (nSPS) is 19.9. The second-order valence-electron chi connectivity index (χ2n) is 3.66. The van der Waals surface area contributed by atoms with E-state index in [0.717, 1.165) is 18.2 Å². The van der Waals surface area contributed by atoms with Crippen molar-refractivity contribution in [2.24, 2.45) is 5.92 Å². The highest BCUT2D eigenvalue weighted by molar-refractivity contribution is 5.96. The molecule has 0 radical (unpaired) electrons. The first kappa shape index (κ1) is 10.6. The van der Waals surface area contributed by atoms with E-state index in [4.69, 9.17) is 5.26 Å². The number of nitriles is 1. The van der Waals surface area contributed by atoms with Crippen molar-refractivity contribution in [1.29, 1.82) is 5.26 Å². The van der Waals surface area contributed by atoms with Crippen LogP contribution in [-0.2, 0) is 4.79 Å². The lowest BCUT2D eigenvalue weighted by molar-refractivity contribution is -0.117. The maximum absolute atomic E-state index is 12.9. The summed E-state index contributed by atoms with van der Waals surface area (Å²) in [5.41, 5.74) is 0.167. The topological polar surface area (TPSA) is 44.1 Å². The molecule has 82 valence electrons. The van der Waals surface area contributed by atoms with E-state index < -0.39 is 17.6 Å². The van der Waals surface area contributed by atoms with Gasteiger partial charge in [-0.15, -0.1) is 0 Å². The standard InChI is InChI=1S/C11H8F2N2O/c12-8-2-9(13)4-10(3-8)15-6-7(5-14)1-11(15)16/h2-4,7H,1,6H2. The number of amides is 1. The number of halogens is 2. The van der Waals surface area contributed by atoms with Gasteiger partial charge in [-0.25, -0.2) is 8.78 Å². The second-order valence-corrected chi connectivity index (χ2v) is 3.66. The lowest BCUT2D eigenvalue weighted by Gasteiger charge is -2.15. The van der Waals surface area contributed by atoms with Crippen LogP contribution in [0.25, 0.3) is 0 Å². The largest absolute Gasteiger partial charge is 0.311 e. The minimum atomic E-state index is -0.733. The molecule has 5 heteroatoms. The van der Waals surface area contributed by atoms with Crippen LogP contribution in [0.1, 0.15) is 6.42 Å². The fourth-order valence-electron chi connectivity index (χ4n) is 1.74. The SMILES string of the molecule is N#CC1CC(=O)N(c2cc(F)cc(F)c2)C1. The average molecular weight is 222 g/mol. The highest BCUT2D eigenvalue weighted by Gasteiger charge is 2.30. The molecule has 1 aliphatic rings. The molecule has 0 saturated carbocycles. The van der Waals surface area contributed by atoms with Crippen LogP contribution in [0.15, 0.2) is 18.2 Å². The Balaban J connectivity index is 2.32. The smallest absolute Gasteiger partial charge is 0.228 e. The van der Waals surface area contributed by atoms with E-state index in [1.165, 1.54) is 4.90 Å². The molecule has 16 heavy (non-hydrogen) atoms. The minimum absolute atomic E-state index is 0.106. The number of carbonyl (C=O) groups is 1. The van der Waals surface area contributed by atoms with Gasteiger partial charge in [-0.3, -0.25) is 4.79 Å². The predicted octanol–water partition coefficient (Wildman–Crippen LogP) is 1.84. The monoisotopic (exact) mass is 222 g/mol. The first-order valence-electron chi connectivity index (χ1n) is 4.76. The molecule has 0 N–H and O–H groups in total. The Labute approximate surface area is 90.9 Å². The summed E-state index contributed by atoms with van der Waals surface area (Å²) >= 11 is 0. The number of hydrogen-bond acceptors (Lipinski definition) is 2. The molecule has 0 spiro atoms. The van der Waals surface area contributed by atoms with Gasteiger partial charge in [0.15, 0.2) is 0 Å². The van der Waals surface area contributed by atoms with Gasteiger partial charge in [0.2, 0.25) is 5.91 Å². The fraction of sp³-hybridized carbons (Fsp3) is 0.273. The Kier molecular flexibility index (Phi) is 2.57. The highest BCUT2D eigenvalue weighted by Crippen LogP contribution is 2.25. The summed E-state index contributed by atoms with van der Waals surface area (Å²) in [6.45, 7) is 0.193. The third-order valence-corrected chi connectivity index (χ3v) is 2.47. The third-order valence-electron chi connectivity index (χ3n) is 2.47. The molecule has 0 aromatic heterocycles. The van der Waals surface area contributed by atoms with Crippen molar-refractivity contribution in [1.82, 2.24) is 0 Å². The Morgan fingerprint density at radius 2 is 1.94 bits per heavy atom. The van der Waals surface area contributed by atoms with Crippen LogP contribution >= 0.6 is 0 Å². The van der Waals surface area contributed by atoms with Crippen LogP contribution < -0.4 is 4.90 Å². The van der Waals surface area contributed by atoms with Gasteiger partial charge < -0.3 is 4.90 Å². The van der Waals surface area contributed by atoms with Gasteiger partial charge in [-0.05, 0) is 12.1 Å². The van der Waals surface area contributed by atoms with Gasteiger partial charge in [0, 0.05) is 24.7 Å². The molecule has 2 rings (SSSR count). The van der Waals surface area contributed by atoms with Gasteiger partial charge in [-0.1, -0.05) is 0 Å². The summed E-state index contributed by atoms with van der Waals surface area (Å²) in [5, 5.41) is 8.68. The molecule has 1 atom stereocenters. The van der Waals surface area contributed by atoms with Crippen LogP contribution in [0.5, 0.6) is 0 Å². The van der Waals surface area contributed by atoms with Crippen LogP contribution in [-0.4, -0.2) is 12.5 Å². The van der Waals surface area contributed by atoms with Crippen molar-refractivity contribution in [3.8, 4) is 6.07 Å². The summed E-state index contributed by atoms with van der Waals surface area (Å²) in [4.78, 5) is 12.7. The number of hydrogen-bond donors (Lipinski definition) is 0. The maximum atomic E-state index is 12.9. The van der Waals surface area contributed by atoms with E-state index in [2.05, 4.69) is 0 Å². The van der Waals surface area contributed by atoms with E-state index in [0.29, 0.717) is 0 Å². The average Bonchev–Trinajstić information content (AvgIpc) is 2.58. The summed E-state index contributed by atoms with van der Waals surface area (Å²) in [6, 6.07) is 4.88. The molecule has 1 aliphatic heterocycles. The van der Waals surface area contributed by atoms with E-state index in [-0.39, 0.29) is 24.6 Å². The molecule has 1 fully saturated rings. The number of benzene rings is 1. The van der Waals surface area contributed by atoms with Crippen LogP contribution in [0, 0.1) is 28.9 Å². The Morgan fingerprint density at radius 3 is 2.44 bits per heavy atom. The second kappa shape index (κ2) is 3.89. The molecular formula is C11H8F2N2O. The zero-order valence-electron chi connectivity index (χ0n) is 8.28. The summed E-state index contributed by atoms with van der Waals surface area (Å²) in [5.74, 6) is -2.15.